The molecule has 0 aliphatic carbocycles. The molecule has 0 radical (unpaired) electrons. The molecule has 1 atom stereocenters. The lowest BCUT2D eigenvalue weighted by Crippen LogP contribution is -2.31. The van der Waals surface area contributed by atoms with Crippen LogP contribution >= 0.6 is 0 Å². The van der Waals surface area contributed by atoms with Gasteiger partial charge in [-0.25, -0.2) is 4.98 Å². The standard InChI is InChI=1S/C16H20N2O2/c1-12-10-18(7-4-8-20-12)16-15-6-3-2-5-13(15)9-14(11-19)17-16/h2-3,5-6,9,12,19H,4,7-8,10-11H2,1H3. The minimum atomic E-state index is -0.0300. The zero-order chi connectivity index (χ0) is 13.9. The smallest absolute Gasteiger partial charge is 0.136 e. The molecule has 1 N–H and O–H groups in total. The Morgan fingerprint density at radius 1 is 1.40 bits per heavy atom. The van der Waals surface area contributed by atoms with Crippen LogP contribution in [0.15, 0.2) is 30.3 Å². The third-order valence-electron chi connectivity index (χ3n) is 3.69. The average molecular weight is 272 g/mol. The molecule has 1 fully saturated rings. The van der Waals surface area contributed by atoms with E-state index in [1.54, 1.807) is 0 Å². The zero-order valence-electron chi connectivity index (χ0n) is 11.7. The summed E-state index contributed by atoms with van der Waals surface area (Å²) in [4.78, 5) is 6.92. The second-order valence-corrected chi connectivity index (χ2v) is 5.30. The van der Waals surface area contributed by atoms with Crippen LogP contribution < -0.4 is 4.90 Å². The van der Waals surface area contributed by atoms with Crippen LogP contribution in [0.5, 0.6) is 0 Å². The number of ether oxygens (including phenoxy) is 1. The van der Waals surface area contributed by atoms with Crippen molar-refractivity contribution in [3.8, 4) is 0 Å². The van der Waals surface area contributed by atoms with Crippen molar-refractivity contribution < 1.29 is 9.84 Å². The minimum Gasteiger partial charge on any atom is -0.390 e. The second kappa shape index (κ2) is 5.77. The van der Waals surface area contributed by atoms with E-state index >= 15 is 0 Å². The van der Waals surface area contributed by atoms with Gasteiger partial charge in [0.25, 0.3) is 0 Å². The van der Waals surface area contributed by atoms with Gasteiger partial charge in [0.1, 0.15) is 5.82 Å². The summed E-state index contributed by atoms with van der Waals surface area (Å²) < 4.78 is 5.70. The Hall–Kier alpha value is -1.65. The van der Waals surface area contributed by atoms with Gasteiger partial charge in [-0.05, 0) is 24.8 Å². The molecule has 0 bridgehead atoms. The van der Waals surface area contributed by atoms with E-state index in [9.17, 15) is 5.11 Å². The summed E-state index contributed by atoms with van der Waals surface area (Å²) >= 11 is 0. The van der Waals surface area contributed by atoms with Crippen LogP contribution in [-0.4, -0.2) is 35.9 Å². The van der Waals surface area contributed by atoms with Crippen LogP contribution in [0, 0.1) is 0 Å². The lowest BCUT2D eigenvalue weighted by Gasteiger charge is -2.25. The molecule has 3 rings (SSSR count). The number of aliphatic hydroxyl groups is 1. The van der Waals surface area contributed by atoms with Gasteiger partial charge in [-0.15, -0.1) is 0 Å². The number of aromatic nitrogens is 1. The van der Waals surface area contributed by atoms with Gasteiger partial charge < -0.3 is 14.7 Å². The highest BCUT2D eigenvalue weighted by Gasteiger charge is 2.18. The van der Waals surface area contributed by atoms with Crippen molar-refractivity contribution in [2.75, 3.05) is 24.6 Å². The summed E-state index contributed by atoms with van der Waals surface area (Å²) in [6.45, 7) is 4.64. The summed E-state index contributed by atoms with van der Waals surface area (Å²) in [7, 11) is 0. The molecule has 1 aliphatic heterocycles. The molecular formula is C16H20N2O2. The number of nitrogens with zero attached hydrogens (tertiary/aromatic N) is 2. The maximum Gasteiger partial charge on any atom is 0.136 e. The number of hydrogen-bond acceptors (Lipinski definition) is 4. The van der Waals surface area contributed by atoms with Gasteiger partial charge in [-0.3, -0.25) is 0 Å². The summed E-state index contributed by atoms with van der Waals surface area (Å²) in [5.41, 5.74) is 0.719. The summed E-state index contributed by atoms with van der Waals surface area (Å²) in [5, 5.41) is 11.7. The van der Waals surface area contributed by atoms with Crippen molar-refractivity contribution >= 4 is 16.6 Å². The predicted molar refractivity (Wildman–Crippen MR) is 79.9 cm³/mol. The minimum absolute atomic E-state index is 0.0300. The molecular weight excluding hydrogens is 252 g/mol. The van der Waals surface area contributed by atoms with Gasteiger partial charge in [-0.2, -0.15) is 0 Å². The predicted octanol–water partition coefficient (Wildman–Crippen LogP) is 2.34. The molecule has 0 spiro atoms. The van der Waals surface area contributed by atoms with Crippen LogP contribution in [0.2, 0.25) is 0 Å². The van der Waals surface area contributed by atoms with Crippen LogP contribution in [0.1, 0.15) is 19.0 Å². The first-order valence-corrected chi connectivity index (χ1v) is 7.14. The van der Waals surface area contributed by atoms with E-state index in [1.807, 2.05) is 18.2 Å². The normalized spacial score (nSPS) is 20.1. The molecule has 1 unspecified atom stereocenters. The first kappa shape index (κ1) is 13.3. The first-order chi connectivity index (χ1) is 9.78. The SMILES string of the molecule is CC1CN(c2nc(CO)cc3ccccc23)CCCO1. The van der Waals surface area contributed by atoms with Crippen molar-refractivity contribution in [2.45, 2.75) is 26.1 Å². The Morgan fingerprint density at radius 3 is 3.10 bits per heavy atom. The third-order valence-corrected chi connectivity index (χ3v) is 3.69. The third kappa shape index (κ3) is 2.62. The molecule has 0 saturated carbocycles. The Kier molecular flexibility index (Phi) is 3.85. The highest BCUT2D eigenvalue weighted by molar-refractivity contribution is 5.92. The van der Waals surface area contributed by atoms with Crippen LogP contribution in [0.4, 0.5) is 5.82 Å². The van der Waals surface area contributed by atoms with Crippen LogP contribution in [0.25, 0.3) is 10.8 Å². The maximum atomic E-state index is 9.42. The Balaban J connectivity index is 2.08. The fraction of sp³-hybridized carbons (Fsp3) is 0.438. The molecule has 1 aromatic carbocycles. The van der Waals surface area contributed by atoms with Crippen LogP contribution in [-0.2, 0) is 11.3 Å². The molecule has 1 aliphatic rings. The highest BCUT2D eigenvalue weighted by atomic mass is 16.5. The van der Waals surface area contributed by atoms with Gasteiger partial charge >= 0.3 is 0 Å². The Bertz CT molecular complexity index is 600. The van der Waals surface area contributed by atoms with Gasteiger partial charge in [0.05, 0.1) is 18.4 Å². The number of rotatable bonds is 2. The fourth-order valence-electron chi connectivity index (χ4n) is 2.74. The van der Waals surface area contributed by atoms with E-state index in [0.29, 0.717) is 0 Å². The highest BCUT2D eigenvalue weighted by Crippen LogP contribution is 2.27. The first-order valence-electron chi connectivity index (χ1n) is 7.14. The number of aliphatic hydroxyl groups excluding tert-OH is 1. The van der Waals surface area contributed by atoms with E-state index in [0.717, 1.165) is 48.4 Å². The molecule has 4 nitrogen and oxygen atoms in total. The molecule has 1 aromatic heterocycles. The molecule has 4 heteroatoms. The molecule has 20 heavy (non-hydrogen) atoms. The van der Waals surface area contributed by atoms with E-state index in [-0.39, 0.29) is 12.7 Å². The number of hydrogen-bond donors (Lipinski definition) is 1. The zero-order valence-corrected chi connectivity index (χ0v) is 11.7. The van der Waals surface area contributed by atoms with E-state index < -0.39 is 0 Å². The summed E-state index contributed by atoms with van der Waals surface area (Å²) in [6, 6.07) is 10.2. The van der Waals surface area contributed by atoms with Gasteiger partial charge in [0, 0.05) is 25.1 Å². The average Bonchev–Trinajstić information content (AvgIpc) is 2.70. The number of anilines is 1. The Labute approximate surface area is 119 Å². The van der Waals surface area contributed by atoms with E-state index in [2.05, 4.69) is 28.9 Å². The monoisotopic (exact) mass is 272 g/mol. The molecule has 2 heterocycles. The molecule has 106 valence electrons. The van der Waals surface area contributed by atoms with Crippen molar-refractivity contribution in [3.63, 3.8) is 0 Å². The second-order valence-electron chi connectivity index (χ2n) is 5.30. The Morgan fingerprint density at radius 2 is 2.25 bits per heavy atom. The van der Waals surface area contributed by atoms with Crippen molar-refractivity contribution in [1.82, 2.24) is 4.98 Å². The fourth-order valence-corrected chi connectivity index (χ4v) is 2.74. The van der Waals surface area contributed by atoms with Gasteiger partial charge in [0.2, 0.25) is 0 Å². The van der Waals surface area contributed by atoms with Crippen molar-refractivity contribution in [1.29, 1.82) is 0 Å². The maximum absolute atomic E-state index is 9.42. The molecule has 1 saturated heterocycles. The summed E-state index contributed by atoms with van der Waals surface area (Å²) in [5.74, 6) is 0.963. The summed E-state index contributed by atoms with van der Waals surface area (Å²) in [6.07, 6.45) is 1.21. The van der Waals surface area contributed by atoms with Crippen molar-refractivity contribution in [3.05, 3.63) is 36.0 Å². The number of benzene rings is 1. The number of fused-ring (bicyclic) bond motifs is 1. The lowest BCUT2D eigenvalue weighted by atomic mass is 10.1. The quantitative estimate of drug-likeness (QED) is 0.911. The molecule has 2 aromatic rings. The van der Waals surface area contributed by atoms with E-state index in [4.69, 9.17) is 4.74 Å². The topological polar surface area (TPSA) is 45.6 Å². The van der Waals surface area contributed by atoms with E-state index in [1.165, 1.54) is 0 Å². The van der Waals surface area contributed by atoms with Crippen LogP contribution in [0.3, 0.4) is 0 Å². The number of pyridine rings is 1. The lowest BCUT2D eigenvalue weighted by molar-refractivity contribution is 0.0820. The molecule has 0 amide bonds. The van der Waals surface area contributed by atoms with Gasteiger partial charge in [0.15, 0.2) is 0 Å². The van der Waals surface area contributed by atoms with Crippen molar-refractivity contribution in [2.24, 2.45) is 0 Å². The van der Waals surface area contributed by atoms with Gasteiger partial charge in [-0.1, -0.05) is 24.3 Å². The largest absolute Gasteiger partial charge is 0.390 e.